The summed E-state index contributed by atoms with van der Waals surface area (Å²) < 4.78 is 0. The third-order valence-electron chi connectivity index (χ3n) is 3.89. The molecule has 1 amide bonds. The van der Waals surface area contributed by atoms with Crippen molar-refractivity contribution >= 4 is 40.8 Å². The lowest BCUT2D eigenvalue weighted by molar-refractivity contribution is -0.117. The summed E-state index contributed by atoms with van der Waals surface area (Å²) in [5.74, 6) is 0.827. The molecule has 0 N–H and O–H groups in total. The molecule has 4 rings (SSSR count). The maximum Gasteiger partial charge on any atom is 0.232 e. The molecule has 2 heterocycles. The first kappa shape index (κ1) is 16.2. The summed E-state index contributed by atoms with van der Waals surface area (Å²) >= 11 is 3.33. The van der Waals surface area contributed by atoms with E-state index in [4.69, 9.17) is 0 Å². The van der Waals surface area contributed by atoms with Gasteiger partial charge in [-0.2, -0.15) is 0 Å². The highest BCUT2D eigenvalue weighted by Crippen LogP contribution is 2.48. The van der Waals surface area contributed by atoms with E-state index in [1.807, 2.05) is 59.5 Å². The SMILES string of the molecule is O=C(CCSc1ccccn1)N1c2ccccc2Sc2ccccc21. The van der Waals surface area contributed by atoms with Gasteiger partial charge in [-0.25, -0.2) is 4.98 Å². The van der Waals surface area contributed by atoms with Crippen LogP contribution < -0.4 is 4.90 Å². The number of hydrogen-bond donors (Lipinski definition) is 0. The number of amides is 1. The van der Waals surface area contributed by atoms with Crippen LogP contribution in [0.5, 0.6) is 0 Å². The minimum atomic E-state index is 0.114. The molecule has 1 aromatic heterocycles. The van der Waals surface area contributed by atoms with Gasteiger partial charge in [0.2, 0.25) is 5.91 Å². The molecule has 2 aromatic carbocycles. The van der Waals surface area contributed by atoms with Gasteiger partial charge >= 0.3 is 0 Å². The Morgan fingerprint density at radius 3 is 2.20 bits per heavy atom. The Labute approximate surface area is 155 Å². The van der Waals surface area contributed by atoms with Crippen molar-refractivity contribution in [1.82, 2.24) is 4.98 Å². The molecular weight excluding hydrogens is 348 g/mol. The van der Waals surface area contributed by atoms with Crippen molar-refractivity contribution in [1.29, 1.82) is 0 Å². The zero-order chi connectivity index (χ0) is 17.1. The van der Waals surface area contributed by atoms with Crippen molar-refractivity contribution in [2.75, 3.05) is 10.7 Å². The Balaban J connectivity index is 1.55. The van der Waals surface area contributed by atoms with Crippen molar-refractivity contribution < 1.29 is 4.79 Å². The summed E-state index contributed by atoms with van der Waals surface area (Å²) in [6.45, 7) is 0. The number of carbonyl (C=O) groups excluding carboxylic acids is 1. The van der Waals surface area contributed by atoms with Crippen molar-refractivity contribution in [2.45, 2.75) is 21.2 Å². The number of fused-ring (bicyclic) bond motifs is 2. The van der Waals surface area contributed by atoms with Gasteiger partial charge in [-0.1, -0.05) is 42.1 Å². The molecule has 1 aliphatic heterocycles. The minimum absolute atomic E-state index is 0.114. The predicted molar refractivity (Wildman–Crippen MR) is 104 cm³/mol. The maximum atomic E-state index is 13.0. The highest BCUT2D eigenvalue weighted by atomic mass is 32.2. The van der Waals surface area contributed by atoms with Gasteiger partial charge in [0.15, 0.2) is 0 Å². The van der Waals surface area contributed by atoms with Crippen molar-refractivity contribution in [2.24, 2.45) is 0 Å². The number of anilines is 2. The number of rotatable bonds is 4. The van der Waals surface area contributed by atoms with E-state index in [0.29, 0.717) is 12.2 Å². The average Bonchev–Trinajstić information content (AvgIpc) is 2.66. The fourth-order valence-corrected chi connectivity index (χ4v) is 4.61. The second-order valence-electron chi connectivity index (χ2n) is 5.53. The first-order valence-electron chi connectivity index (χ1n) is 8.05. The Hall–Kier alpha value is -2.24. The lowest BCUT2D eigenvalue weighted by Crippen LogP contribution is -2.28. The largest absolute Gasteiger partial charge is 0.279 e. The van der Waals surface area contributed by atoms with Gasteiger partial charge in [0.1, 0.15) is 0 Å². The number of hydrogen-bond acceptors (Lipinski definition) is 4. The number of carbonyl (C=O) groups is 1. The molecule has 0 saturated heterocycles. The van der Waals surface area contributed by atoms with Crippen LogP contribution in [-0.2, 0) is 4.79 Å². The van der Waals surface area contributed by atoms with Gasteiger partial charge in [0, 0.05) is 28.2 Å². The lowest BCUT2D eigenvalue weighted by atomic mass is 10.2. The number of nitrogens with zero attached hydrogens (tertiary/aromatic N) is 2. The zero-order valence-corrected chi connectivity index (χ0v) is 15.1. The quantitative estimate of drug-likeness (QED) is 0.581. The first-order chi connectivity index (χ1) is 12.3. The Kier molecular flexibility index (Phi) is 4.76. The number of pyridine rings is 1. The van der Waals surface area contributed by atoms with Crippen LogP contribution >= 0.6 is 23.5 Å². The summed E-state index contributed by atoms with van der Waals surface area (Å²) in [6.07, 6.45) is 2.24. The second kappa shape index (κ2) is 7.33. The summed E-state index contributed by atoms with van der Waals surface area (Å²) in [5.41, 5.74) is 1.94. The predicted octanol–water partition coefficient (Wildman–Crippen LogP) is 5.39. The summed E-state index contributed by atoms with van der Waals surface area (Å²) in [7, 11) is 0. The molecule has 0 spiro atoms. The van der Waals surface area contributed by atoms with Crippen LogP contribution in [0.25, 0.3) is 0 Å². The smallest absolute Gasteiger partial charge is 0.232 e. The summed E-state index contributed by atoms with van der Waals surface area (Å²) in [4.78, 5) is 21.4. The Bertz CT molecular complexity index is 853. The molecule has 25 heavy (non-hydrogen) atoms. The molecule has 0 radical (unpaired) electrons. The zero-order valence-electron chi connectivity index (χ0n) is 13.5. The molecule has 1 aliphatic rings. The normalized spacial score (nSPS) is 12.4. The van der Waals surface area contributed by atoms with Gasteiger partial charge in [-0.05, 0) is 36.4 Å². The van der Waals surface area contributed by atoms with Crippen LogP contribution in [0.3, 0.4) is 0 Å². The summed E-state index contributed by atoms with van der Waals surface area (Å²) in [6, 6.07) is 22.0. The van der Waals surface area contributed by atoms with E-state index in [9.17, 15) is 4.79 Å². The molecule has 0 unspecified atom stereocenters. The second-order valence-corrected chi connectivity index (χ2v) is 7.73. The third kappa shape index (κ3) is 3.43. The standard InChI is InChI=1S/C20H16N2OS2/c23-20(12-14-24-19-11-5-6-13-21-19)22-15-7-1-3-9-17(15)25-18-10-4-2-8-16(18)22/h1-11,13H,12,14H2. The van der Waals surface area contributed by atoms with Gasteiger partial charge in [-0.3, -0.25) is 9.69 Å². The molecule has 124 valence electrons. The number of thioether (sulfide) groups is 1. The minimum Gasteiger partial charge on any atom is -0.279 e. The fraction of sp³-hybridized carbons (Fsp3) is 0.100. The third-order valence-corrected chi connectivity index (χ3v) is 5.96. The molecular formula is C20H16N2OS2. The molecule has 3 nitrogen and oxygen atoms in total. The van der Waals surface area contributed by atoms with Gasteiger partial charge < -0.3 is 0 Å². The number of benzene rings is 2. The topological polar surface area (TPSA) is 33.2 Å². The molecule has 0 atom stereocenters. The monoisotopic (exact) mass is 364 g/mol. The van der Waals surface area contributed by atoms with Crippen LogP contribution in [0.4, 0.5) is 11.4 Å². The van der Waals surface area contributed by atoms with Crippen LogP contribution in [0, 0.1) is 0 Å². The average molecular weight is 364 g/mol. The molecule has 0 aliphatic carbocycles. The van der Waals surface area contributed by atoms with Gasteiger partial charge in [-0.15, -0.1) is 11.8 Å². The van der Waals surface area contributed by atoms with Crippen LogP contribution in [0.1, 0.15) is 6.42 Å². The molecule has 0 saturated carbocycles. The van der Waals surface area contributed by atoms with Crippen molar-refractivity contribution in [3.63, 3.8) is 0 Å². The highest BCUT2D eigenvalue weighted by Gasteiger charge is 2.27. The first-order valence-corrected chi connectivity index (χ1v) is 9.86. The highest BCUT2D eigenvalue weighted by molar-refractivity contribution is 7.99. The Morgan fingerprint density at radius 1 is 0.920 bits per heavy atom. The van der Waals surface area contributed by atoms with E-state index in [2.05, 4.69) is 17.1 Å². The molecule has 0 bridgehead atoms. The van der Waals surface area contributed by atoms with Crippen LogP contribution in [0.15, 0.2) is 87.7 Å². The summed E-state index contributed by atoms with van der Waals surface area (Å²) in [5, 5.41) is 0.949. The number of para-hydroxylation sites is 2. The lowest BCUT2D eigenvalue weighted by Gasteiger charge is -2.31. The Morgan fingerprint density at radius 2 is 1.56 bits per heavy atom. The van der Waals surface area contributed by atoms with E-state index in [-0.39, 0.29) is 5.91 Å². The van der Waals surface area contributed by atoms with E-state index < -0.39 is 0 Å². The van der Waals surface area contributed by atoms with Crippen LogP contribution in [-0.4, -0.2) is 16.6 Å². The van der Waals surface area contributed by atoms with E-state index in [1.54, 1.807) is 29.7 Å². The van der Waals surface area contributed by atoms with E-state index in [0.717, 1.165) is 26.2 Å². The fourth-order valence-electron chi connectivity index (χ4n) is 2.76. The van der Waals surface area contributed by atoms with Crippen LogP contribution in [0.2, 0.25) is 0 Å². The molecule has 0 fully saturated rings. The van der Waals surface area contributed by atoms with E-state index in [1.165, 1.54) is 0 Å². The van der Waals surface area contributed by atoms with Crippen molar-refractivity contribution in [3.05, 3.63) is 72.9 Å². The van der Waals surface area contributed by atoms with E-state index >= 15 is 0 Å². The number of aromatic nitrogens is 1. The molecule has 5 heteroatoms. The van der Waals surface area contributed by atoms with Gasteiger partial charge in [0.25, 0.3) is 0 Å². The van der Waals surface area contributed by atoms with Crippen molar-refractivity contribution in [3.8, 4) is 0 Å². The molecule has 3 aromatic rings. The maximum absolute atomic E-state index is 13.0. The van der Waals surface area contributed by atoms with Gasteiger partial charge in [0.05, 0.1) is 16.4 Å².